The van der Waals surface area contributed by atoms with Gasteiger partial charge in [0.15, 0.2) is 0 Å². The van der Waals surface area contributed by atoms with Crippen LogP contribution in [0.2, 0.25) is 0 Å². The molecule has 0 aliphatic heterocycles. The van der Waals surface area contributed by atoms with Crippen molar-refractivity contribution >= 4 is 5.97 Å². The number of aromatic nitrogens is 4. The third kappa shape index (κ3) is 2.88. The Labute approximate surface area is 117 Å². The summed E-state index contributed by atoms with van der Waals surface area (Å²) in [6, 6.07) is 0. The molecule has 0 radical (unpaired) electrons. The molecule has 7 heteroatoms. The molecule has 0 atom stereocenters. The van der Waals surface area contributed by atoms with Crippen LogP contribution >= 0.6 is 0 Å². The molecule has 0 unspecified atom stereocenters. The second kappa shape index (κ2) is 5.87. The van der Waals surface area contributed by atoms with Crippen LogP contribution in [0.15, 0.2) is 12.4 Å². The lowest BCUT2D eigenvalue weighted by Crippen LogP contribution is -2.18. The lowest BCUT2D eigenvalue weighted by molar-refractivity contribution is 0.0695. The zero-order chi connectivity index (χ0) is 14.7. The van der Waals surface area contributed by atoms with Crippen molar-refractivity contribution in [1.29, 1.82) is 0 Å². The van der Waals surface area contributed by atoms with Crippen molar-refractivity contribution in [2.45, 2.75) is 26.4 Å². The molecule has 2 rings (SSSR count). The number of nitrogens with zero attached hydrogens (tertiary/aromatic N) is 4. The van der Waals surface area contributed by atoms with Crippen molar-refractivity contribution in [2.24, 2.45) is 14.1 Å². The van der Waals surface area contributed by atoms with Gasteiger partial charge in [-0.3, -0.25) is 9.36 Å². The second-order valence-electron chi connectivity index (χ2n) is 4.67. The summed E-state index contributed by atoms with van der Waals surface area (Å²) in [5.41, 5.74) is 3.10. The maximum Gasteiger partial charge on any atom is 0.339 e. The molecule has 0 amide bonds. The molecule has 0 saturated carbocycles. The molecule has 0 saturated heterocycles. The fourth-order valence-corrected chi connectivity index (χ4v) is 2.20. The highest BCUT2D eigenvalue weighted by atomic mass is 16.4. The zero-order valence-electron chi connectivity index (χ0n) is 11.9. The topological polar surface area (TPSA) is 85.0 Å². The first-order valence-corrected chi connectivity index (χ1v) is 6.49. The van der Waals surface area contributed by atoms with E-state index in [1.165, 1.54) is 6.20 Å². The molecule has 0 aliphatic rings. The lowest BCUT2D eigenvalue weighted by atomic mass is 10.2. The Morgan fingerprint density at radius 2 is 2.15 bits per heavy atom. The van der Waals surface area contributed by atoms with Gasteiger partial charge in [0.05, 0.1) is 17.6 Å². The van der Waals surface area contributed by atoms with Crippen LogP contribution in [0.1, 0.15) is 34.2 Å². The molecule has 2 heterocycles. The van der Waals surface area contributed by atoms with Gasteiger partial charge in [0.2, 0.25) is 0 Å². The number of hydrogen-bond acceptors (Lipinski definition) is 4. The Hall–Kier alpha value is -2.15. The van der Waals surface area contributed by atoms with Gasteiger partial charge in [-0.05, 0) is 6.42 Å². The van der Waals surface area contributed by atoms with E-state index in [4.69, 9.17) is 5.11 Å². The molecule has 2 aromatic heterocycles. The van der Waals surface area contributed by atoms with Crippen LogP contribution in [-0.2, 0) is 33.6 Å². The van der Waals surface area contributed by atoms with Crippen molar-refractivity contribution < 1.29 is 9.90 Å². The number of hydrogen-bond donors (Lipinski definition) is 2. The molecule has 2 N–H and O–H groups in total. The number of carboxylic acids is 1. The van der Waals surface area contributed by atoms with E-state index in [1.54, 1.807) is 16.4 Å². The highest BCUT2D eigenvalue weighted by Gasteiger charge is 2.14. The normalized spacial score (nSPS) is 10.9. The van der Waals surface area contributed by atoms with Crippen molar-refractivity contribution in [3.63, 3.8) is 0 Å². The minimum atomic E-state index is -0.953. The first-order valence-electron chi connectivity index (χ1n) is 6.49. The van der Waals surface area contributed by atoms with Crippen LogP contribution in [-0.4, -0.2) is 30.6 Å². The fraction of sp³-hybridized carbons (Fsp3) is 0.462. The van der Waals surface area contributed by atoms with Gasteiger partial charge in [0.25, 0.3) is 0 Å². The van der Waals surface area contributed by atoms with Crippen molar-refractivity contribution in [3.8, 4) is 0 Å². The third-order valence-electron chi connectivity index (χ3n) is 3.23. The Balaban J connectivity index is 2.03. The highest BCUT2D eigenvalue weighted by molar-refractivity contribution is 5.88. The first kappa shape index (κ1) is 14.3. The van der Waals surface area contributed by atoms with E-state index in [1.807, 2.05) is 13.2 Å². The summed E-state index contributed by atoms with van der Waals surface area (Å²) >= 11 is 0. The van der Waals surface area contributed by atoms with Gasteiger partial charge in [-0.15, -0.1) is 0 Å². The van der Waals surface area contributed by atoms with Crippen LogP contribution < -0.4 is 5.32 Å². The average molecular weight is 277 g/mol. The summed E-state index contributed by atoms with van der Waals surface area (Å²) in [6.45, 7) is 3.17. The SMILES string of the molecule is CCc1nn(C)cc1CNCc1c(C(=O)O)cnn1C. The van der Waals surface area contributed by atoms with Crippen LogP contribution in [0.25, 0.3) is 0 Å². The van der Waals surface area contributed by atoms with Crippen LogP contribution in [0.5, 0.6) is 0 Å². The molecular weight excluding hydrogens is 258 g/mol. The Morgan fingerprint density at radius 1 is 1.40 bits per heavy atom. The van der Waals surface area contributed by atoms with Crippen LogP contribution in [0.3, 0.4) is 0 Å². The van der Waals surface area contributed by atoms with Gasteiger partial charge in [-0.1, -0.05) is 6.92 Å². The first-order chi connectivity index (χ1) is 9.52. The summed E-state index contributed by atoms with van der Waals surface area (Å²) in [7, 11) is 3.64. The number of rotatable bonds is 6. The number of carboxylic acid groups (broad SMARTS) is 1. The Bertz CT molecular complexity index is 614. The Morgan fingerprint density at radius 3 is 2.80 bits per heavy atom. The van der Waals surface area contributed by atoms with Gasteiger partial charge in [0, 0.05) is 38.9 Å². The number of carbonyl (C=O) groups is 1. The smallest absolute Gasteiger partial charge is 0.339 e. The van der Waals surface area contributed by atoms with Crippen molar-refractivity contribution in [2.75, 3.05) is 0 Å². The van der Waals surface area contributed by atoms with Gasteiger partial charge in [-0.25, -0.2) is 4.79 Å². The standard InChI is InChI=1S/C13H19N5O2/c1-4-11-9(8-17(2)16-11)5-14-7-12-10(13(19)20)6-15-18(12)3/h6,8,14H,4-5,7H2,1-3H3,(H,19,20). The van der Waals surface area contributed by atoms with E-state index in [0.717, 1.165) is 17.7 Å². The van der Waals surface area contributed by atoms with Crippen molar-refractivity contribution in [1.82, 2.24) is 24.9 Å². The molecule has 0 aliphatic carbocycles. The maximum atomic E-state index is 11.1. The predicted octanol–water partition coefficient (Wildman–Crippen LogP) is 0.704. The van der Waals surface area contributed by atoms with E-state index >= 15 is 0 Å². The monoisotopic (exact) mass is 277 g/mol. The predicted molar refractivity (Wildman–Crippen MR) is 73.3 cm³/mol. The van der Waals surface area contributed by atoms with Gasteiger partial charge in [0.1, 0.15) is 5.56 Å². The molecule has 0 fully saturated rings. The third-order valence-corrected chi connectivity index (χ3v) is 3.23. The second-order valence-corrected chi connectivity index (χ2v) is 4.67. The Kier molecular flexibility index (Phi) is 4.19. The van der Waals surface area contributed by atoms with Gasteiger partial charge in [-0.2, -0.15) is 10.2 Å². The summed E-state index contributed by atoms with van der Waals surface area (Å²) in [5.74, 6) is -0.953. The zero-order valence-corrected chi connectivity index (χ0v) is 11.9. The summed E-state index contributed by atoms with van der Waals surface area (Å²) in [5, 5.41) is 20.7. The summed E-state index contributed by atoms with van der Waals surface area (Å²) in [4.78, 5) is 11.1. The minimum Gasteiger partial charge on any atom is -0.478 e. The van der Waals surface area contributed by atoms with E-state index in [2.05, 4.69) is 22.4 Å². The fourth-order valence-electron chi connectivity index (χ4n) is 2.20. The van der Waals surface area contributed by atoms with Gasteiger partial charge >= 0.3 is 5.97 Å². The molecule has 108 valence electrons. The van der Waals surface area contributed by atoms with E-state index in [9.17, 15) is 4.79 Å². The molecule has 0 spiro atoms. The molecular formula is C13H19N5O2. The van der Waals surface area contributed by atoms with Crippen LogP contribution in [0, 0.1) is 0 Å². The number of aromatic carboxylic acids is 1. The summed E-state index contributed by atoms with van der Waals surface area (Å²) < 4.78 is 3.38. The quantitative estimate of drug-likeness (QED) is 0.812. The maximum absolute atomic E-state index is 11.1. The largest absolute Gasteiger partial charge is 0.478 e. The van der Waals surface area contributed by atoms with E-state index in [-0.39, 0.29) is 5.56 Å². The molecule has 20 heavy (non-hydrogen) atoms. The molecule has 2 aromatic rings. The number of nitrogens with one attached hydrogen (secondary N) is 1. The lowest BCUT2D eigenvalue weighted by Gasteiger charge is -2.06. The number of aryl methyl sites for hydroxylation is 3. The van der Waals surface area contributed by atoms with Crippen LogP contribution in [0.4, 0.5) is 0 Å². The summed E-state index contributed by atoms with van der Waals surface area (Å²) in [6.07, 6.45) is 4.23. The van der Waals surface area contributed by atoms with Gasteiger partial charge < -0.3 is 10.4 Å². The molecule has 0 aromatic carbocycles. The molecule has 0 bridgehead atoms. The highest BCUT2D eigenvalue weighted by Crippen LogP contribution is 2.09. The average Bonchev–Trinajstić information content (AvgIpc) is 2.93. The minimum absolute atomic E-state index is 0.238. The molecule has 7 nitrogen and oxygen atoms in total. The van der Waals surface area contributed by atoms with E-state index < -0.39 is 5.97 Å². The van der Waals surface area contributed by atoms with Crippen molar-refractivity contribution in [3.05, 3.63) is 34.9 Å². The van der Waals surface area contributed by atoms with E-state index in [0.29, 0.717) is 18.8 Å².